The first-order chi connectivity index (χ1) is 18.1. The number of allylic oxidation sites excluding steroid dienone is 2. The second kappa shape index (κ2) is 16.3. The molecule has 1 amide bonds. The molecule has 37 heavy (non-hydrogen) atoms. The number of hydrogen-bond acceptors (Lipinski definition) is 8. The third-order valence-corrected chi connectivity index (χ3v) is 6.56. The smallest absolute Gasteiger partial charge is 0.225 e. The van der Waals surface area contributed by atoms with Crippen LogP contribution in [0.4, 0.5) is 11.8 Å². The molecule has 0 spiro atoms. The number of imidazole rings is 1. The summed E-state index contributed by atoms with van der Waals surface area (Å²) in [6.45, 7) is 2.27. The first kappa shape index (κ1) is 29.0. The zero-order chi connectivity index (χ0) is 26.3. The molecule has 4 N–H and O–H groups in total. The van der Waals surface area contributed by atoms with Crippen LogP contribution in [-0.2, 0) is 14.3 Å². The molecule has 0 bridgehead atoms. The van der Waals surface area contributed by atoms with E-state index >= 15 is 0 Å². The minimum atomic E-state index is -0.688. The van der Waals surface area contributed by atoms with Crippen molar-refractivity contribution in [3.05, 3.63) is 18.5 Å². The normalized spacial score (nSPS) is 17.8. The molecule has 0 radical (unpaired) electrons. The van der Waals surface area contributed by atoms with E-state index < -0.39 is 12.5 Å². The van der Waals surface area contributed by atoms with Gasteiger partial charge in [-0.2, -0.15) is 9.97 Å². The predicted octanol–water partition coefficient (Wildman–Crippen LogP) is 5.25. The quantitative estimate of drug-likeness (QED) is 0.180. The van der Waals surface area contributed by atoms with Gasteiger partial charge >= 0.3 is 0 Å². The first-order valence-corrected chi connectivity index (χ1v) is 13.9. The van der Waals surface area contributed by atoms with Crippen LogP contribution in [0.2, 0.25) is 0 Å². The molecule has 0 saturated carbocycles. The zero-order valence-electron chi connectivity index (χ0n) is 22.2. The predicted molar refractivity (Wildman–Crippen MR) is 145 cm³/mol. The van der Waals surface area contributed by atoms with E-state index in [-0.39, 0.29) is 30.9 Å². The number of aliphatic hydroxyl groups is 1. The van der Waals surface area contributed by atoms with Gasteiger partial charge in [-0.1, -0.05) is 70.4 Å². The Bertz CT molecular complexity index is 979. The summed E-state index contributed by atoms with van der Waals surface area (Å²) in [6, 6.07) is 0. The number of carbonyl (C=O) groups excluding carboxylic acids is 1. The van der Waals surface area contributed by atoms with E-state index in [1.165, 1.54) is 57.8 Å². The maximum atomic E-state index is 12.5. The van der Waals surface area contributed by atoms with E-state index in [2.05, 4.69) is 39.3 Å². The van der Waals surface area contributed by atoms with Gasteiger partial charge in [-0.3, -0.25) is 9.36 Å². The SMILES string of the molecule is CCCCCCCC/C=C\CCCCCCCC(=O)Nc1nc(N)nc2c1ncn2[C@H]1CO[C@@H](CO)O1. The number of aliphatic hydroxyl groups excluding tert-OH is 1. The van der Waals surface area contributed by atoms with Crippen LogP contribution in [0.5, 0.6) is 0 Å². The molecule has 0 unspecified atom stereocenters. The number of rotatable bonds is 18. The van der Waals surface area contributed by atoms with Crippen molar-refractivity contribution in [1.29, 1.82) is 0 Å². The molecule has 0 aliphatic carbocycles. The fourth-order valence-electron chi connectivity index (χ4n) is 4.47. The number of nitrogens with one attached hydrogen (secondary N) is 1. The monoisotopic (exact) mass is 516 g/mol. The van der Waals surface area contributed by atoms with Crippen LogP contribution < -0.4 is 11.1 Å². The van der Waals surface area contributed by atoms with Crippen molar-refractivity contribution in [2.24, 2.45) is 0 Å². The van der Waals surface area contributed by atoms with E-state index in [4.69, 9.17) is 15.2 Å². The molecule has 1 aliphatic rings. The lowest BCUT2D eigenvalue weighted by Gasteiger charge is -2.12. The van der Waals surface area contributed by atoms with Gasteiger partial charge in [-0.05, 0) is 32.1 Å². The van der Waals surface area contributed by atoms with Crippen LogP contribution in [0.15, 0.2) is 18.5 Å². The minimum absolute atomic E-state index is 0.0307. The van der Waals surface area contributed by atoms with Crippen molar-refractivity contribution in [1.82, 2.24) is 19.5 Å². The van der Waals surface area contributed by atoms with Crippen LogP contribution >= 0.6 is 0 Å². The van der Waals surface area contributed by atoms with Crippen LogP contribution in [0, 0.1) is 0 Å². The molecule has 10 nitrogen and oxygen atoms in total. The molecule has 2 aromatic rings. The third kappa shape index (κ3) is 9.68. The van der Waals surface area contributed by atoms with Crippen molar-refractivity contribution in [2.45, 2.75) is 109 Å². The van der Waals surface area contributed by atoms with Gasteiger partial charge in [0.1, 0.15) is 0 Å². The number of hydrogen-bond donors (Lipinski definition) is 3. The highest BCUT2D eigenvalue weighted by Gasteiger charge is 2.29. The van der Waals surface area contributed by atoms with Crippen LogP contribution in [-0.4, -0.2) is 50.0 Å². The second-order valence-corrected chi connectivity index (χ2v) is 9.67. The van der Waals surface area contributed by atoms with Crippen LogP contribution in [0.25, 0.3) is 11.2 Å². The number of nitrogens with zero attached hydrogens (tertiary/aromatic N) is 4. The largest absolute Gasteiger partial charge is 0.391 e. The highest BCUT2D eigenvalue weighted by atomic mass is 16.7. The Kier molecular flexibility index (Phi) is 12.8. The van der Waals surface area contributed by atoms with Gasteiger partial charge in [0.25, 0.3) is 0 Å². The van der Waals surface area contributed by atoms with Gasteiger partial charge in [0.15, 0.2) is 29.5 Å². The Hall–Kier alpha value is -2.56. The van der Waals surface area contributed by atoms with Crippen LogP contribution in [0.3, 0.4) is 0 Å². The first-order valence-electron chi connectivity index (χ1n) is 13.9. The Morgan fingerprint density at radius 3 is 2.43 bits per heavy atom. The molecule has 2 atom stereocenters. The Labute approximate surface area is 220 Å². The van der Waals surface area contributed by atoms with E-state index in [9.17, 15) is 9.90 Å². The Morgan fingerprint density at radius 2 is 1.76 bits per heavy atom. The number of nitrogen functional groups attached to an aromatic ring is 1. The van der Waals surface area contributed by atoms with Crippen molar-refractivity contribution < 1.29 is 19.4 Å². The number of carbonyl (C=O) groups is 1. The molecule has 0 aromatic carbocycles. The Balaban J connectivity index is 1.30. The molecular weight excluding hydrogens is 472 g/mol. The van der Waals surface area contributed by atoms with Gasteiger partial charge in [0, 0.05) is 6.42 Å². The maximum absolute atomic E-state index is 12.5. The lowest BCUT2D eigenvalue weighted by molar-refractivity contribution is -0.116. The fourth-order valence-corrected chi connectivity index (χ4v) is 4.47. The number of nitrogens with two attached hydrogens (primary N) is 1. The summed E-state index contributed by atoms with van der Waals surface area (Å²) in [5, 5.41) is 12.0. The molecule has 3 heterocycles. The number of anilines is 2. The number of fused-ring (bicyclic) bond motifs is 1. The average Bonchev–Trinajstić information content (AvgIpc) is 3.53. The number of aromatic nitrogens is 4. The highest BCUT2D eigenvalue weighted by Crippen LogP contribution is 2.27. The minimum Gasteiger partial charge on any atom is -0.391 e. The number of unbranched alkanes of at least 4 members (excludes halogenated alkanes) is 11. The van der Waals surface area contributed by atoms with Gasteiger partial charge in [-0.25, -0.2) is 4.98 Å². The second-order valence-electron chi connectivity index (χ2n) is 9.67. The zero-order valence-corrected chi connectivity index (χ0v) is 22.2. The Morgan fingerprint density at radius 1 is 1.08 bits per heavy atom. The molecule has 2 aromatic heterocycles. The number of ether oxygens (including phenoxy) is 2. The fraction of sp³-hybridized carbons (Fsp3) is 0.704. The third-order valence-electron chi connectivity index (χ3n) is 6.56. The summed E-state index contributed by atoms with van der Waals surface area (Å²) < 4.78 is 12.7. The standard InChI is InChI=1S/C27H44N6O4/c1-2-3-4-5-6-7-8-9-10-11-12-13-14-15-16-17-21(35)30-25-24-26(32-27(28)31-25)33(20-29-24)22-19-36-23(18-34)37-22/h9-10,20,22-23,34H,2-8,11-19H2,1H3,(H3,28,30,31,32,35)/b10-9-/t22-,23-/m1/s1. The number of amides is 1. The summed E-state index contributed by atoms with van der Waals surface area (Å²) in [5.41, 5.74) is 6.76. The van der Waals surface area contributed by atoms with E-state index in [0.29, 0.717) is 17.6 Å². The summed E-state index contributed by atoms with van der Waals surface area (Å²) in [6.07, 6.45) is 21.3. The molecule has 1 fully saturated rings. The molecule has 10 heteroatoms. The lowest BCUT2D eigenvalue weighted by Crippen LogP contribution is -2.16. The van der Waals surface area contributed by atoms with Crippen LogP contribution in [0.1, 0.15) is 103 Å². The topological polar surface area (TPSA) is 137 Å². The molecule has 1 saturated heterocycles. The molecule has 3 rings (SSSR count). The van der Waals surface area contributed by atoms with Gasteiger partial charge in [0.2, 0.25) is 11.9 Å². The maximum Gasteiger partial charge on any atom is 0.225 e. The van der Waals surface area contributed by atoms with Crippen molar-refractivity contribution in [3.63, 3.8) is 0 Å². The summed E-state index contributed by atoms with van der Waals surface area (Å²) in [7, 11) is 0. The van der Waals surface area contributed by atoms with Crippen molar-refractivity contribution in [2.75, 3.05) is 24.3 Å². The molecule has 206 valence electrons. The molecular formula is C27H44N6O4. The van der Waals surface area contributed by atoms with Gasteiger partial charge < -0.3 is 25.6 Å². The van der Waals surface area contributed by atoms with Gasteiger partial charge in [0.05, 0.1) is 19.5 Å². The highest BCUT2D eigenvalue weighted by molar-refractivity contribution is 5.97. The van der Waals surface area contributed by atoms with E-state index in [1.807, 2.05) is 0 Å². The van der Waals surface area contributed by atoms with E-state index in [0.717, 1.165) is 25.7 Å². The van der Waals surface area contributed by atoms with Gasteiger partial charge in [-0.15, -0.1) is 0 Å². The van der Waals surface area contributed by atoms with Crippen molar-refractivity contribution in [3.8, 4) is 0 Å². The summed E-state index contributed by atoms with van der Waals surface area (Å²) in [5.74, 6) is 0.201. The molecule has 1 aliphatic heterocycles. The van der Waals surface area contributed by atoms with E-state index in [1.54, 1.807) is 10.9 Å². The average molecular weight is 517 g/mol. The lowest BCUT2D eigenvalue weighted by atomic mass is 10.1. The van der Waals surface area contributed by atoms with Crippen molar-refractivity contribution >= 4 is 28.8 Å². The summed E-state index contributed by atoms with van der Waals surface area (Å²) >= 11 is 0. The summed E-state index contributed by atoms with van der Waals surface area (Å²) in [4.78, 5) is 25.3.